The summed E-state index contributed by atoms with van der Waals surface area (Å²) >= 11 is 0. The van der Waals surface area contributed by atoms with E-state index in [1.807, 2.05) is 4.68 Å². The molecule has 0 bridgehead atoms. The fourth-order valence-corrected chi connectivity index (χ4v) is 2.71. The molecule has 1 N–H and O–H groups in total. The lowest BCUT2D eigenvalue weighted by Gasteiger charge is -2.32. The summed E-state index contributed by atoms with van der Waals surface area (Å²) in [4.78, 5) is 2.55. The van der Waals surface area contributed by atoms with Crippen LogP contribution in [-0.2, 0) is 20.0 Å². The van der Waals surface area contributed by atoms with Crippen molar-refractivity contribution in [2.45, 2.75) is 45.7 Å². The van der Waals surface area contributed by atoms with Crippen LogP contribution < -0.4 is 5.32 Å². The Labute approximate surface area is 110 Å². The minimum Gasteiger partial charge on any atom is -0.314 e. The van der Waals surface area contributed by atoms with Crippen LogP contribution >= 0.6 is 0 Å². The third-order valence-corrected chi connectivity index (χ3v) is 3.86. The molecule has 0 radical (unpaired) electrons. The molecule has 0 unspecified atom stereocenters. The Bertz CT molecular complexity index is 364. The van der Waals surface area contributed by atoms with Crippen LogP contribution in [0.15, 0.2) is 6.07 Å². The van der Waals surface area contributed by atoms with Crippen molar-refractivity contribution in [1.82, 2.24) is 20.0 Å². The maximum atomic E-state index is 4.52. The van der Waals surface area contributed by atoms with E-state index in [2.05, 4.69) is 42.3 Å². The zero-order valence-corrected chi connectivity index (χ0v) is 11.9. The molecular formula is C14H26N4. The second kappa shape index (κ2) is 6.34. The van der Waals surface area contributed by atoms with E-state index in [1.165, 1.54) is 37.3 Å². The van der Waals surface area contributed by atoms with Crippen LogP contribution in [0.3, 0.4) is 0 Å². The van der Waals surface area contributed by atoms with Gasteiger partial charge in [0.15, 0.2) is 0 Å². The molecule has 0 atom stereocenters. The molecule has 2 heterocycles. The predicted octanol–water partition coefficient (Wildman–Crippen LogP) is 1.56. The molecule has 0 saturated carbocycles. The molecule has 1 fully saturated rings. The summed E-state index contributed by atoms with van der Waals surface area (Å²) in [6, 6.07) is 2.97. The molecular weight excluding hydrogens is 224 g/mol. The van der Waals surface area contributed by atoms with E-state index < -0.39 is 0 Å². The van der Waals surface area contributed by atoms with Gasteiger partial charge in [-0.1, -0.05) is 13.8 Å². The normalized spacial score (nSPS) is 18.4. The van der Waals surface area contributed by atoms with Crippen LogP contribution in [-0.4, -0.2) is 40.4 Å². The van der Waals surface area contributed by atoms with E-state index in [0.29, 0.717) is 0 Å². The zero-order valence-electron chi connectivity index (χ0n) is 11.9. The number of rotatable bonds is 5. The fraction of sp³-hybridized carbons (Fsp3) is 0.786. The second-order valence-electron chi connectivity index (χ2n) is 5.21. The van der Waals surface area contributed by atoms with Gasteiger partial charge in [0.25, 0.3) is 0 Å². The summed E-state index contributed by atoms with van der Waals surface area (Å²) in [5.41, 5.74) is 2.55. The van der Waals surface area contributed by atoms with E-state index in [-0.39, 0.29) is 0 Å². The molecule has 4 heteroatoms. The van der Waals surface area contributed by atoms with Gasteiger partial charge in [0.05, 0.1) is 11.4 Å². The number of aryl methyl sites for hydroxylation is 2. The smallest absolute Gasteiger partial charge is 0.0625 e. The van der Waals surface area contributed by atoms with Gasteiger partial charge in [-0.25, -0.2) is 0 Å². The molecule has 4 nitrogen and oxygen atoms in total. The number of aromatic nitrogens is 2. The molecule has 1 aliphatic heterocycles. The Kier molecular flexibility index (Phi) is 4.78. The molecule has 102 valence electrons. The quantitative estimate of drug-likeness (QED) is 0.861. The summed E-state index contributed by atoms with van der Waals surface area (Å²) in [6.07, 6.45) is 3.56. The van der Waals surface area contributed by atoms with Crippen LogP contribution in [0.5, 0.6) is 0 Å². The van der Waals surface area contributed by atoms with Crippen molar-refractivity contribution in [3.8, 4) is 0 Å². The molecule has 0 amide bonds. The summed E-state index contributed by atoms with van der Waals surface area (Å²) in [6.45, 7) is 8.88. The van der Waals surface area contributed by atoms with Gasteiger partial charge in [-0.3, -0.25) is 9.58 Å². The monoisotopic (exact) mass is 250 g/mol. The summed E-state index contributed by atoms with van der Waals surface area (Å²) < 4.78 is 2.04. The number of nitrogens with one attached hydrogen (secondary N) is 1. The predicted molar refractivity (Wildman–Crippen MR) is 74.6 cm³/mol. The molecule has 1 aromatic rings. The van der Waals surface area contributed by atoms with Gasteiger partial charge in [-0.2, -0.15) is 5.10 Å². The lowest BCUT2D eigenvalue weighted by molar-refractivity contribution is 0.188. The zero-order chi connectivity index (χ0) is 13.0. The van der Waals surface area contributed by atoms with Crippen molar-refractivity contribution in [3.05, 3.63) is 17.5 Å². The third-order valence-electron chi connectivity index (χ3n) is 3.86. The number of likely N-dealkylation sites (tertiary alicyclic amines) is 1. The minimum absolute atomic E-state index is 0.726. The molecule has 18 heavy (non-hydrogen) atoms. The standard InChI is InChI=1S/C14H26N4/c1-4-12-10-14(17(3)16-12)11-18-8-6-13(7-9-18)15-5-2/h10,13,15H,4-9,11H2,1-3H3. The average Bonchev–Trinajstić information content (AvgIpc) is 2.73. The summed E-state index contributed by atoms with van der Waals surface area (Å²) in [5.74, 6) is 0. The third kappa shape index (κ3) is 3.33. The van der Waals surface area contributed by atoms with Gasteiger partial charge in [0, 0.05) is 32.7 Å². The molecule has 1 aromatic heterocycles. The van der Waals surface area contributed by atoms with Gasteiger partial charge >= 0.3 is 0 Å². The molecule has 1 saturated heterocycles. The number of nitrogens with zero attached hydrogens (tertiary/aromatic N) is 3. The van der Waals surface area contributed by atoms with Crippen molar-refractivity contribution in [1.29, 1.82) is 0 Å². The van der Waals surface area contributed by atoms with E-state index >= 15 is 0 Å². The van der Waals surface area contributed by atoms with Crippen LogP contribution in [0.4, 0.5) is 0 Å². The number of hydrogen-bond donors (Lipinski definition) is 1. The van der Waals surface area contributed by atoms with Gasteiger partial charge < -0.3 is 5.32 Å². The number of hydrogen-bond acceptors (Lipinski definition) is 3. The summed E-state index contributed by atoms with van der Waals surface area (Å²) in [7, 11) is 2.06. The van der Waals surface area contributed by atoms with Crippen molar-refractivity contribution in [3.63, 3.8) is 0 Å². The van der Waals surface area contributed by atoms with Crippen LogP contribution in [0.1, 0.15) is 38.1 Å². The first-order chi connectivity index (χ1) is 8.72. The van der Waals surface area contributed by atoms with Gasteiger partial charge in [-0.15, -0.1) is 0 Å². The maximum absolute atomic E-state index is 4.52. The molecule has 0 aliphatic carbocycles. The van der Waals surface area contributed by atoms with Crippen LogP contribution in [0.25, 0.3) is 0 Å². The van der Waals surface area contributed by atoms with E-state index in [0.717, 1.165) is 25.6 Å². The fourth-order valence-electron chi connectivity index (χ4n) is 2.71. The van der Waals surface area contributed by atoms with Crippen LogP contribution in [0, 0.1) is 0 Å². The lowest BCUT2D eigenvalue weighted by Crippen LogP contribution is -2.42. The topological polar surface area (TPSA) is 33.1 Å². The highest BCUT2D eigenvalue weighted by atomic mass is 15.3. The SMILES string of the molecule is CCNC1CCN(Cc2cc(CC)nn2C)CC1. The molecule has 0 spiro atoms. The van der Waals surface area contributed by atoms with Crippen molar-refractivity contribution in [2.24, 2.45) is 7.05 Å². The van der Waals surface area contributed by atoms with E-state index in [9.17, 15) is 0 Å². The Morgan fingerprint density at radius 2 is 2.06 bits per heavy atom. The summed E-state index contributed by atoms with van der Waals surface area (Å²) in [5, 5.41) is 8.07. The maximum Gasteiger partial charge on any atom is 0.0625 e. The average molecular weight is 250 g/mol. The Hall–Kier alpha value is -0.870. The van der Waals surface area contributed by atoms with Gasteiger partial charge in [0.1, 0.15) is 0 Å². The highest BCUT2D eigenvalue weighted by Gasteiger charge is 2.19. The number of piperidine rings is 1. The van der Waals surface area contributed by atoms with Gasteiger partial charge in [-0.05, 0) is 31.9 Å². The first kappa shape index (κ1) is 13.6. The second-order valence-corrected chi connectivity index (χ2v) is 5.21. The minimum atomic E-state index is 0.726. The highest BCUT2D eigenvalue weighted by Crippen LogP contribution is 2.14. The Morgan fingerprint density at radius 1 is 1.33 bits per heavy atom. The first-order valence-corrected chi connectivity index (χ1v) is 7.20. The molecule has 1 aliphatic rings. The van der Waals surface area contributed by atoms with Crippen molar-refractivity contribution >= 4 is 0 Å². The van der Waals surface area contributed by atoms with Crippen molar-refractivity contribution < 1.29 is 0 Å². The van der Waals surface area contributed by atoms with E-state index in [4.69, 9.17) is 0 Å². The van der Waals surface area contributed by atoms with E-state index in [1.54, 1.807) is 0 Å². The van der Waals surface area contributed by atoms with Gasteiger partial charge in [0.2, 0.25) is 0 Å². The van der Waals surface area contributed by atoms with Crippen LogP contribution in [0.2, 0.25) is 0 Å². The largest absolute Gasteiger partial charge is 0.314 e. The first-order valence-electron chi connectivity index (χ1n) is 7.20. The molecule has 0 aromatic carbocycles. The molecule has 2 rings (SSSR count). The Morgan fingerprint density at radius 3 is 2.61 bits per heavy atom. The highest BCUT2D eigenvalue weighted by molar-refractivity contribution is 5.10. The lowest BCUT2D eigenvalue weighted by atomic mass is 10.0. The Balaban J connectivity index is 1.85. The van der Waals surface area contributed by atoms with Crippen molar-refractivity contribution in [2.75, 3.05) is 19.6 Å².